The van der Waals surface area contributed by atoms with Gasteiger partial charge in [0.25, 0.3) is 0 Å². The molecule has 0 radical (unpaired) electrons. The van der Waals surface area contributed by atoms with Gasteiger partial charge >= 0.3 is 5.97 Å². The van der Waals surface area contributed by atoms with Crippen molar-refractivity contribution in [1.29, 1.82) is 0 Å². The highest BCUT2D eigenvalue weighted by Crippen LogP contribution is 2.17. The maximum Gasteiger partial charge on any atom is 0.307 e. The van der Waals surface area contributed by atoms with Gasteiger partial charge in [0, 0.05) is 11.4 Å². The van der Waals surface area contributed by atoms with Crippen LogP contribution in [0, 0.1) is 5.92 Å². The Balaban J connectivity index is 2.25. The van der Waals surface area contributed by atoms with Crippen LogP contribution in [0.25, 0.3) is 0 Å². The second-order valence-electron chi connectivity index (χ2n) is 4.27. The van der Waals surface area contributed by atoms with E-state index in [1.165, 1.54) is 10.5 Å². The number of nitrogens with one attached hydrogen (secondary N) is 1. The first-order chi connectivity index (χ1) is 8.63. The third-order valence-corrected chi connectivity index (χ3v) is 3.59. The SMILES string of the molecule is CCSc1ccc(CCNCC(C)C(=O)O)cc1. The second kappa shape index (κ2) is 8.16. The zero-order chi connectivity index (χ0) is 13.4. The van der Waals surface area contributed by atoms with E-state index in [1.807, 2.05) is 11.8 Å². The Kier molecular flexibility index (Phi) is 6.83. The fourth-order valence-corrected chi connectivity index (χ4v) is 2.22. The van der Waals surface area contributed by atoms with Crippen LogP contribution >= 0.6 is 11.8 Å². The summed E-state index contributed by atoms with van der Waals surface area (Å²) in [4.78, 5) is 11.9. The first kappa shape index (κ1) is 15.1. The van der Waals surface area contributed by atoms with Crippen molar-refractivity contribution in [3.8, 4) is 0 Å². The number of carboxylic acid groups (broad SMARTS) is 1. The Hall–Kier alpha value is -1.00. The van der Waals surface area contributed by atoms with Gasteiger partial charge in [-0.05, 0) is 36.4 Å². The van der Waals surface area contributed by atoms with Gasteiger partial charge in [-0.3, -0.25) is 4.79 Å². The number of hydrogen-bond acceptors (Lipinski definition) is 3. The average Bonchev–Trinajstić information content (AvgIpc) is 2.36. The van der Waals surface area contributed by atoms with Crippen molar-refractivity contribution in [1.82, 2.24) is 5.32 Å². The van der Waals surface area contributed by atoms with E-state index < -0.39 is 5.97 Å². The predicted molar refractivity (Wildman–Crippen MR) is 76.2 cm³/mol. The summed E-state index contributed by atoms with van der Waals surface area (Å²) in [6.45, 7) is 5.20. The molecule has 3 nitrogen and oxygen atoms in total. The number of thioether (sulfide) groups is 1. The van der Waals surface area contributed by atoms with Crippen molar-refractivity contribution in [2.75, 3.05) is 18.8 Å². The van der Waals surface area contributed by atoms with Gasteiger partial charge in [0.15, 0.2) is 0 Å². The molecule has 2 N–H and O–H groups in total. The highest BCUT2D eigenvalue weighted by molar-refractivity contribution is 7.99. The summed E-state index contributed by atoms with van der Waals surface area (Å²) in [5.74, 6) is 0.0188. The topological polar surface area (TPSA) is 49.3 Å². The lowest BCUT2D eigenvalue weighted by Crippen LogP contribution is -2.27. The number of benzene rings is 1. The van der Waals surface area contributed by atoms with Gasteiger partial charge in [0.1, 0.15) is 0 Å². The molecule has 0 bridgehead atoms. The van der Waals surface area contributed by atoms with E-state index in [4.69, 9.17) is 5.11 Å². The van der Waals surface area contributed by atoms with Crippen molar-refractivity contribution < 1.29 is 9.90 Å². The molecule has 0 amide bonds. The minimum absolute atomic E-state index is 0.326. The minimum atomic E-state index is -0.747. The molecule has 1 atom stereocenters. The summed E-state index contributed by atoms with van der Waals surface area (Å²) in [6.07, 6.45) is 0.934. The van der Waals surface area contributed by atoms with Gasteiger partial charge in [-0.1, -0.05) is 26.0 Å². The van der Waals surface area contributed by atoms with Crippen LogP contribution in [0.2, 0.25) is 0 Å². The lowest BCUT2D eigenvalue weighted by molar-refractivity contribution is -0.140. The Morgan fingerprint density at radius 2 is 2.06 bits per heavy atom. The summed E-state index contributed by atoms with van der Waals surface area (Å²) in [5, 5.41) is 11.9. The summed E-state index contributed by atoms with van der Waals surface area (Å²) in [6, 6.07) is 8.56. The van der Waals surface area contributed by atoms with E-state index in [-0.39, 0.29) is 5.92 Å². The number of rotatable bonds is 8. The van der Waals surface area contributed by atoms with Crippen LogP contribution in [-0.2, 0) is 11.2 Å². The molecule has 4 heteroatoms. The molecule has 0 aliphatic heterocycles. The highest BCUT2D eigenvalue weighted by atomic mass is 32.2. The highest BCUT2D eigenvalue weighted by Gasteiger charge is 2.09. The molecule has 1 aromatic rings. The second-order valence-corrected chi connectivity index (χ2v) is 5.61. The first-order valence-electron chi connectivity index (χ1n) is 6.28. The lowest BCUT2D eigenvalue weighted by atomic mass is 10.1. The molecule has 1 unspecified atom stereocenters. The standard InChI is InChI=1S/C14H21NO2S/c1-3-18-13-6-4-12(5-7-13)8-9-15-10-11(2)14(16)17/h4-7,11,15H,3,8-10H2,1-2H3,(H,16,17). The zero-order valence-corrected chi connectivity index (χ0v) is 11.8. The monoisotopic (exact) mass is 267 g/mol. The number of aliphatic carboxylic acids is 1. The van der Waals surface area contributed by atoms with Crippen LogP contribution in [0.3, 0.4) is 0 Å². The van der Waals surface area contributed by atoms with Crippen LogP contribution < -0.4 is 5.32 Å². The van der Waals surface area contributed by atoms with E-state index in [9.17, 15) is 4.79 Å². The first-order valence-corrected chi connectivity index (χ1v) is 7.27. The third kappa shape index (κ3) is 5.56. The van der Waals surface area contributed by atoms with E-state index in [0.717, 1.165) is 18.7 Å². The molecular weight excluding hydrogens is 246 g/mol. The van der Waals surface area contributed by atoms with Crippen LogP contribution in [0.4, 0.5) is 0 Å². The summed E-state index contributed by atoms with van der Waals surface area (Å²) in [5.41, 5.74) is 1.28. The summed E-state index contributed by atoms with van der Waals surface area (Å²) < 4.78 is 0. The third-order valence-electron chi connectivity index (χ3n) is 2.70. The summed E-state index contributed by atoms with van der Waals surface area (Å²) in [7, 11) is 0. The smallest absolute Gasteiger partial charge is 0.307 e. The molecule has 18 heavy (non-hydrogen) atoms. The Labute approximate surface area is 113 Å². The molecule has 0 aromatic heterocycles. The fraction of sp³-hybridized carbons (Fsp3) is 0.500. The van der Waals surface area contributed by atoms with Gasteiger partial charge in [-0.2, -0.15) is 0 Å². The Bertz CT molecular complexity index is 365. The molecule has 0 aliphatic rings. The normalized spacial score (nSPS) is 12.3. The molecule has 1 aromatic carbocycles. The van der Waals surface area contributed by atoms with Gasteiger partial charge in [0.05, 0.1) is 5.92 Å². The zero-order valence-electron chi connectivity index (χ0n) is 11.0. The molecule has 0 saturated heterocycles. The van der Waals surface area contributed by atoms with Gasteiger partial charge in [0.2, 0.25) is 0 Å². The van der Waals surface area contributed by atoms with Crippen molar-refractivity contribution in [3.05, 3.63) is 29.8 Å². The summed E-state index contributed by atoms with van der Waals surface area (Å²) >= 11 is 1.84. The van der Waals surface area contributed by atoms with Crippen molar-refractivity contribution in [2.45, 2.75) is 25.2 Å². The van der Waals surface area contributed by atoms with E-state index in [1.54, 1.807) is 6.92 Å². The Morgan fingerprint density at radius 3 is 2.61 bits per heavy atom. The van der Waals surface area contributed by atoms with Crippen LogP contribution in [0.1, 0.15) is 19.4 Å². The molecule has 0 fully saturated rings. The van der Waals surface area contributed by atoms with Crippen LogP contribution in [0.5, 0.6) is 0 Å². The molecule has 1 rings (SSSR count). The quantitative estimate of drug-likeness (QED) is 0.561. The fourth-order valence-electron chi connectivity index (χ4n) is 1.56. The number of carbonyl (C=O) groups is 1. The lowest BCUT2D eigenvalue weighted by Gasteiger charge is -2.08. The molecule has 0 heterocycles. The van der Waals surface area contributed by atoms with Crippen molar-refractivity contribution >= 4 is 17.7 Å². The number of carboxylic acids is 1. The van der Waals surface area contributed by atoms with E-state index in [2.05, 4.69) is 36.5 Å². The maximum absolute atomic E-state index is 10.6. The van der Waals surface area contributed by atoms with Gasteiger partial charge in [-0.25, -0.2) is 0 Å². The van der Waals surface area contributed by atoms with E-state index >= 15 is 0 Å². The van der Waals surface area contributed by atoms with E-state index in [0.29, 0.717) is 6.54 Å². The molecule has 100 valence electrons. The van der Waals surface area contributed by atoms with Crippen molar-refractivity contribution in [3.63, 3.8) is 0 Å². The minimum Gasteiger partial charge on any atom is -0.481 e. The molecular formula is C14H21NO2S. The average molecular weight is 267 g/mol. The van der Waals surface area contributed by atoms with Gasteiger partial charge in [-0.15, -0.1) is 11.8 Å². The predicted octanol–water partition coefficient (Wildman–Crippen LogP) is 2.65. The maximum atomic E-state index is 10.6. The van der Waals surface area contributed by atoms with Crippen LogP contribution in [0.15, 0.2) is 29.2 Å². The molecule has 0 spiro atoms. The van der Waals surface area contributed by atoms with Crippen LogP contribution in [-0.4, -0.2) is 29.9 Å². The Morgan fingerprint density at radius 1 is 1.39 bits per heavy atom. The molecule has 0 saturated carbocycles. The number of hydrogen-bond donors (Lipinski definition) is 2. The largest absolute Gasteiger partial charge is 0.481 e. The van der Waals surface area contributed by atoms with Gasteiger partial charge < -0.3 is 10.4 Å². The van der Waals surface area contributed by atoms with Crippen molar-refractivity contribution in [2.24, 2.45) is 5.92 Å². The molecule has 0 aliphatic carbocycles.